The van der Waals surface area contributed by atoms with Crippen LogP contribution in [0.25, 0.3) is 0 Å². The second-order valence-electron chi connectivity index (χ2n) is 2.64. The maximum atomic E-state index is 10.8. The molecule has 1 aliphatic heterocycles. The molecule has 0 spiro atoms. The third-order valence-corrected chi connectivity index (χ3v) is 1.72. The van der Waals surface area contributed by atoms with Crippen molar-refractivity contribution < 1.29 is 9.53 Å². The van der Waals surface area contributed by atoms with Crippen LogP contribution in [0.3, 0.4) is 0 Å². The molecule has 1 heterocycles. The van der Waals surface area contributed by atoms with E-state index < -0.39 is 0 Å². The lowest BCUT2D eigenvalue weighted by Crippen LogP contribution is -2.44. The highest BCUT2D eigenvalue weighted by atomic mass is 16.5. The molecule has 2 amide bonds. The Hall–Kier alpha value is -0.770. The van der Waals surface area contributed by atoms with Crippen molar-refractivity contribution >= 4 is 6.03 Å². The highest BCUT2D eigenvalue weighted by Crippen LogP contribution is 2.04. The van der Waals surface area contributed by atoms with Gasteiger partial charge in [0.05, 0.1) is 12.6 Å². The molecule has 11 heavy (non-hydrogen) atoms. The zero-order valence-electron chi connectivity index (χ0n) is 6.72. The summed E-state index contributed by atoms with van der Waals surface area (Å²) in [5.41, 5.74) is 0. The Bertz CT molecular complexity index is 132. The van der Waals surface area contributed by atoms with Crippen molar-refractivity contribution in [1.82, 2.24) is 10.6 Å². The average molecular weight is 158 g/mol. The standard InChI is InChI=1S/C7H14N2O2/c1-8-7(10)9-6-3-2-4-11-5-6/h6H,2-5H2,1H3,(H2,8,9,10). The van der Waals surface area contributed by atoms with Crippen LogP contribution in [0.4, 0.5) is 4.79 Å². The van der Waals surface area contributed by atoms with Crippen LogP contribution in [-0.2, 0) is 4.74 Å². The number of carbonyl (C=O) groups is 1. The summed E-state index contributed by atoms with van der Waals surface area (Å²) in [6.45, 7) is 1.47. The van der Waals surface area contributed by atoms with Crippen molar-refractivity contribution in [1.29, 1.82) is 0 Å². The van der Waals surface area contributed by atoms with Crippen molar-refractivity contribution in [3.63, 3.8) is 0 Å². The lowest BCUT2D eigenvalue weighted by molar-refractivity contribution is 0.0733. The normalized spacial score (nSPS) is 24.3. The van der Waals surface area contributed by atoms with Crippen molar-refractivity contribution in [2.24, 2.45) is 0 Å². The quantitative estimate of drug-likeness (QED) is 0.568. The van der Waals surface area contributed by atoms with Gasteiger partial charge >= 0.3 is 6.03 Å². The molecule has 0 aromatic heterocycles. The van der Waals surface area contributed by atoms with Crippen LogP contribution < -0.4 is 10.6 Å². The SMILES string of the molecule is CNC(=O)NC1CCCOC1. The number of amides is 2. The fourth-order valence-electron chi connectivity index (χ4n) is 1.11. The van der Waals surface area contributed by atoms with Gasteiger partial charge in [-0.05, 0) is 12.8 Å². The van der Waals surface area contributed by atoms with E-state index in [4.69, 9.17) is 4.74 Å². The van der Waals surface area contributed by atoms with E-state index in [1.807, 2.05) is 0 Å². The molecule has 0 saturated carbocycles. The maximum absolute atomic E-state index is 10.8. The molecule has 1 aliphatic rings. The summed E-state index contributed by atoms with van der Waals surface area (Å²) in [6.07, 6.45) is 2.06. The van der Waals surface area contributed by atoms with Gasteiger partial charge in [0.2, 0.25) is 0 Å². The summed E-state index contributed by atoms with van der Waals surface area (Å²) in [5, 5.41) is 5.30. The molecular weight excluding hydrogens is 144 g/mol. The molecule has 0 aliphatic carbocycles. The van der Waals surface area contributed by atoms with Gasteiger partial charge in [0.25, 0.3) is 0 Å². The minimum absolute atomic E-state index is 0.125. The largest absolute Gasteiger partial charge is 0.379 e. The number of hydrogen-bond donors (Lipinski definition) is 2. The Balaban J connectivity index is 2.19. The van der Waals surface area contributed by atoms with E-state index in [9.17, 15) is 4.79 Å². The zero-order chi connectivity index (χ0) is 8.10. The molecule has 2 N–H and O–H groups in total. The van der Waals surface area contributed by atoms with Gasteiger partial charge in [-0.1, -0.05) is 0 Å². The summed E-state index contributed by atoms with van der Waals surface area (Å²) >= 11 is 0. The second kappa shape index (κ2) is 4.18. The van der Waals surface area contributed by atoms with E-state index in [1.54, 1.807) is 7.05 Å². The molecule has 0 radical (unpaired) electrons. The van der Waals surface area contributed by atoms with Gasteiger partial charge in [0.15, 0.2) is 0 Å². The number of ether oxygens (including phenoxy) is 1. The van der Waals surface area contributed by atoms with Crippen LogP contribution >= 0.6 is 0 Å². The lowest BCUT2D eigenvalue weighted by atomic mass is 10.1. The van der Waals surface area contributed by atoms with Crippen LogP contribution in [0.5, 0.6) is 0 Å². The van der Waals surface area contributed by atoms with E-state index in [-0.39, 0.29) is 12.1 Å². The molecule has 1 unspecified atom stereocenters. The van der Waals surface area contributed by atoms with Crippen molar-refractivity contribution in [2.75, 3.05) is 20.3 Å². The van der Waals surface area contributed by atoms with E-state index in [1.165, 1.54) is 0 Å². The molecule has 64 valence electrons. The summed E-state index contributed by atoms with van der Waals surface area (Å²) in [5.74, 6) is 0. The first-order chi connectivity index (χ1) is 5.33. The van der Waals surface area contributed by atoms with Crippen molar-refractivity contribution in [3.05, 3.63) is 0 Å². The zero-order valence-corrected chi connectivity index (χ0v) is 6.72. The molecule has 1 rings (SSSR count). The highest BCUT2D eigenvalue weighted by molar-refractivity contribution is 5.73. The Labute approximate surface area is 66.3 Å². The maximum Gasteiger partial charge on any atom is 0.314 e. The summed E-state index contributed by atoms with van der Waals surface area (Å²) in [6, 6.07) is 0.0733. The third kappa shape index (κ3) is 2.76. The predicted molar refractivity (Wildman–Crippen MR) is 41.4 cm³/mol. The number of rotatable bonds is 1. The van der Waals surface area contributed by atoms with Gasteiger partial charge < -0.3 is 15.4 Å². The van der Waals surface area contributed by atoms with Gasteiger partial charge in [-0.25, -0.2) is 4.79 Å². The predicted octanol–water partition coefficient (Wildman–Crippen LogP) is 0.0944. The van der Waals surface area contributed by atoms with Crippen molar-refractivity contribution in [3.8, 4) is 0 Å². The highest BCUT2D eigenvalue weighted by Gasteiger charge is 2.14. The first-order valence-electron chi connectivity index (χ1n) is 3.89. The van der Waals surface area contributed by atoms with Crippen LogP contribution in [0.2, 0.25) is 0 Å². The number of nitrogens with one attached hydrogen (secondary N) is 2. The second-order valence-corrected chi connectivity index (χ2v) is 2.64. The number of hydrogen-bond acceptors (Lipinski definition) is 2. The minimum Gasteiger partial charge on any atom is -0.379 e. The van der Waals surface area contributed by atoms with Crippen LogP contribution in [0, 0.1) is 0 Å². The average Bonchev–Trinajstić information content (AvgIpc) is 2.06. The van der Waals surface area contributed by atoms with Gasteiger partial charge in [-0.3, -0.25) is 0 Å². The van der Waals surface area contributed by atoms with Crippen LogP contribution in [0.1, 0.15) is 12.8 Å². The molecule has 0 aromatic rings. The topological polar surface area (TPSA) is 50.4 Å². The summed E-state index contributed by atoms with van der Waals surface area (Å²) in [7, 11) is 1.61. The van der Waals surface area contributed by atoms with Gasteiger partial charge in [-0.15, -0.1) is 0 Å². The lowest BCUT2D eigenvalue weighted by Gasteiger charge is -2.22. The third-order valence-electron chi connectivity index (χ3n) is 1.72. The molecule has 4 nitrogen and oxygen atoms in total. The van der Waals surface area contributed by atoms with Gasteiger partial charge in [0.1, 0.15) is 0 Å². The van der Waals surface area contributed by atoms with Gasteiger partial charge in [0, 0.05) is 13.7 Å². The van der Waals surface area contributed by atoms with Crippen LogP contribution in [0.15, 0.2) is 0 Å². The molecule has 4 heteroatoms. The number of carbonyl (C=O) groups excluding carboxylic acids is 1. The smallest absolute Gasteiger partial charge is 0.314 e. The van der Waals surface area contributed by atoms with Crippen molar-refractivity contribution in [2.45, 2.75) is 18.9 Å². The van der Waals surface area contributed by atoms with Gasteiger partial charge in [-0.2, -0.15) is 0 Å². The van der Waals surface area contributed by atoms with E-state index in [2.05, 4.69) is 10.6 Å². The Morgan fingerprint density at radius 3 is 3.00 bits per heavy atom. The fourth-order valence-corrected chi connectivity index (χ4v) is 1.11. The monoisotopic (exact) mass is 158 g/mol. The number of urea groups is 1. The van der Waals surface area contributed by atoms with E-state index in [0.29, 0.717) is 6.61 Å². The first kappa shape index (κ1) is 8.33. The summed E-state index contributed by atoms with van der Waals surface area (Å²) in [4.78, 5) is 10.8. The first-order valence-corrected chi connectivity index (χ1v) is 3.89. The molecule has 1 saturated heterocycles. The molecule has 0 bridgehead atoms. The minimum atomic E-state index is -0.125. The molecule has 1 atom stereocenters. The summed E-state index contributed by atoms with van der Waals surface area (Å²) < 4.78 is 5.18. The van der Waals surface area contributed by atoms with E-state index in [0.717, 1.165) is 19.4 Å². The molecule has 1 fully saturated rings. The Morgan fingerprint density at radius 2 is 2.45 bits per heavy atom. The molecular formula is C7H14N2O2. The fraction of sp³-hybridized carbons (Fsp3) is 0.857. The molecule has 0 aromatic carbocycles. The Morgan fingerprint density at radius 1 is 1.64 bits per heavy atom. The van der Waals surface area contributed by atoms with Crippen LogP contribution in [-0.4, -0.2) is 32.3 Å². The Kier molecular flexibility index (Phi) is 3.16. The van der Waals surface area contributed by atoms with E-state index >= 15 is 0 Å².